The van der Waals surface area contributed by atoms with Gasteiger partial charge in [-0.1, -0.05) is 0 Å². The van der Waals surface area contributed by atoms with Gasteiger partial charge in [0.05, 0.1) is 18.3 Å². The Hall–Kier alpha value is -1.69. The molecule has 0 N–H and O–H groups in total. The summed E-state index contributed by atoms with van der Waals surface area (Å²) >= 11 is 0. The molecule has 6 heteroatoms. The summed E-state index contributed by atoms with van der Waals surface area (Å²) in [5.74, 6) is 0.751. The van der Waals surface area contributed by atoms with Gasteiger partial charge in [0, 0.05) is 37.7 Å². The number of rotatable bonds is 4. The fourth-order valence-corrected chi connectivity index (χ4v) is 3.68. The minimum atomic E-state index is -0.0408. The van der Waals surface area contributed by atoms with E-state index in [1.807, 2.05) is 6.92 Å². The van der Waals surface area contributed by atoms with E-state index in [0.717, 1.165) is 31.7 Å². The summed E-state index contributed by atoms with van der Waals surface area (Å²) in [6.45, 7) is 5.28. The number of aryl methyl sites for hydroxylation is 1. The van der Waals surface area contributed by atoms with Crippen LogP contribution in [-0.4, -0.2) is 57.2 Å². The molecule has 0 radical (unpaired) electrons. The average Bonchev–Trinajstić information content (AvgIpc) is 3.22. The normalized spacial score (nSPS) is 26.5. The first-order valence-electron chi connectivity index (χ1n) is 8.21. The molecule has 1 unspecified atom stereocenters. The van der Waals surface area contributed by atoms with E-state index < -0.39 is 0 Å². The van der Waals surface area contributed by atoms with Crippen LogP contribution in [-0.2, 0) is 11.3 Å². The maximum absolute atomic E-state index is 12.4. The van der Waals surface area contributed by atoms with Crippen molar-refractivity contribution in [1.29, 1.82) is 0 Å². The average molecular weight is 302 g/mol. The monoisotopic (exact) mass is 302 g/mol. The summed E-state index contributed by atoms with van der Waals surface area (Å²) in [4.78, 5) is 28.5. The molecule has 2 aliphatic heterocycles. The molecular weight excluding hydrogens is 280 g/mol. The maximum atomic E-state index is 12.4. The van der Waals surface area contributed by atoms with Crippen LogP contribution in [0.3, 0.4) is 0 Å². The second-order valence-electron chi connectivity index (χ2n) is 6.88. The molecule has 3 fully saturated rings. The third-order valence-electron chi connectivity index (χ3n) is 5.06. The van der Waals surface area contributed by atoms with Crippen molar-refractivity contribution in [2.24, 2.45) is 5.92 Å². The molecular formula is C16H22N4O2. The van der Waals surface area contributed by atoms with Crippen LogP contribution >= 0.6 is 0 Å². The second-order valence-corrected chi connectivity index (χ2v) is 6.88. The summed E-state index contributed by atoms with van der Waals surface area (Å²) in [5, 5.41) is 4.29. The number of aromatic nitrogens is 2. The quantitative estimate of drug-likeness (QED) is 0.800. The third kappa shape index (κ3) is 2.45. The van der Waals surface area contributed by atoms with E-state index >= 15 is 0 Å². The zero-order valence-electron chi connectivity index (χ0n) is 12.9. The highest BCUT2D eigenvalue weighted by molar-refractivity contribution is 5.84. The summed E-state index contributed by atoms with van der Waals surface area (Å²) in [6.07, 6.45) is 3.33. The first kappa shape index (κ1) is 13.9. The van der Waals surface area contributed by atoms with E-state index in [1.165, 1.54) is 12.8 Å². The number of hydrogen-bond donors (Lipinski definition) is 0. The van der Waals surface area contributed by atoms with Gasteiger partial charge in [0.25, 0.3) is 5.56 Å². The lowest BCUT2D eigenvalue weighted by molar-refractivity contribution is -0.135. The van der Waals surface area contributed by atoms with E-state index in [1.54, 1.807) is 16.8 Å². The number of carbonyl (C=O) groups is 1. The van der Waals surface area contributed by atoms with Crippen LogP contribution < -0.4 is 5.56 Å². The second kappa shape index (κ2) is 5.19. The molecule has 0 bridgehead atoms. The molecule has 1 aromatic heterocycles. The van der Waals surface area contributed by atoms with Gasteiger partial charge in [-0.2, -0.15) is 5.10 Å². The fourth-order valence-electron chi connectivity index (χ4n) is 3.68. The lowest BCUT2D eigenvalue weighted by Crippen LogP contribution is -2.56. The third-order valence-corrected chi connectivity index (χ3v) is 5.06. The highest BCUT2D eigenvalue weighted by Crippen LogP contribution is 2.33. The van der Waals surface area contributed by atoms with E-state index in [0.29, 0.717) is 24.4 Å². The number of carbonyl (C=O) groups excluding carboxylic acids is 1. The highest BCUT2D eigenvalue weighted by Gasteiger charge is 2.45. The molecule has 118 valence electrons. The van der Waals surface area contributed by atoms with Crippen molar-refractivity contribution in [3.63, 3.8) is 0 Å². The Morgan fingerprint density at radius 1 is 1.18 bits per heavy atom. The van der Waals surface area contributed by atoms with Crippen LogP contribution in [0.5, 0.6) is 0 Å². The molecule has 4 rings (SSSR count). The molecule has 3 aliphatic rings. The molecule has 1 atom stereocenters. The lowest BCUT2D eigenvalue weighted by atomic mass is 9.97. The summed E-state index contributed by atoms with van der Waals surface area (Å²) in [7, 11) is 0. The SMILES string of the molecule is Cc1ccc(=O)n(CC2CN(C3CCN(C4CC4)C3=O)C2)n1. The molecule has 0 spiro atoms. The predicted octanol–water partition coefficient (Wildman–Crippen LogP) is 0.247. The molecule has 6 nitrogen and oxygen atoms in total. The van der Waals surface area contributed by atoms with E-state index in [9.17, 15) is 9.59 Å². The number of likely N-dealkylation sites (tertiary alicyclic amines) is 2. The minimum Gasteiger partial charge on any atom is -0.338 e. The van der Waals surface area contributed by atoms with Gasteiger partial charge >= 0.3 is 0 Å². The Bertz CT molecular complexity index is 646. The van der Waals surface area contributed by atoms with Crippen molar-refractivity contribution in [1.82, 2.24) is 19.6 Å². The zero-order valence-corrected chi connectivity index (χ0v) is 12.9. The van der Waals surface area contributed by atoms with E-state index in [-0.39, 0.29) is 11.6 Å². The smallest absolute Gasteiger partial charge is 0.266 e. The molecule has 2 saturated heterocycles. The van der Waals surface area contributed by atoms with Gasteiger partial charge in [0.15, 0.2) is 0 Å². The van der Waals surface area contributed by atoms with Gasteiger partial charge in [-0.15, -0.1) is 0 Å². The molecule has 1 aliphatic carbocycles. The van der Waals surface area contributed by atoms with Crippen molar-refractivity contribution >= 4 is 5.91 Å². The van der Waals surface area contributed by atoms with Crippen LogP contribution in [0, 0.1) is 12.8 Å². The summed E-state index contributed by atoms with van der Waals surface area (Å²) < 4.78 is 1.56. The largest absolute Gasteiger partial charge is 0.338 e. The van der Waals surface area contributed by atoms with Crippen molar-refractivity contribution in [2.75, 3.05) is 19.6 Å². The maximum Gasteiger partial charge on any atom is 0.266 e. The topological polar surface area (TPSA) is 58.4 Å². The lowest BCUT2D eigenvalue weighted by Gasteiger charge is -2.42. The van der Waals surface area contributed by atoms with Gasteiger partial charge < -0.3 is 4.90 Å². The van der Waals surface area contributed by atoms with Crippen LogP contribution in [0.4, 0.5) is 0 Å². The molecule has 1 amide bonds. The van der Waals surface area contributed by atoms with E-state index in [4.69, 9.17) is 0 Å². The van der Waals surface area contributed by atoms with Gasteiger partial charge in [-0.25, -0.2) is 4.68 Å². The molecule has 22 heavy (non-hydrogen) atoms. The zero-order chi connectivity index (χ0) is 15.3. The van der Waals surface area contributed by atoms with E-state index in [2.05, 4.69) is 14.9 Å². The van der Waals surface area contributed by atoms with Crippen molar-refractivity contribution in [3.8, 4) is 0 Å². The molecule has 3 heterocycles. The van der Waals surface area contributed by atoms with Crippen LogP contribution in [0.1, 0.15) is 25.0 Å². The number of nitrogens with zero attached hydrogens (tertiary/aromatic N) is 4. The van der Waals surface area contributed by atoms with Crippen LogP contribution in [0.25, 0.3) is 0 Å². The minimum absolute atomic E-state index is 0.0408. The predicted molar refractivity (Wildman–Crippen MR) is 81.4 cm³/mol. The molecule has 1 aromatic rings. The van der Waals surface area contributed by atoms with Crippen molar-refractivity contribution < 1.29 is 4.79 Å². The summed E-state index contributed by atoms with van der Waals surface area (Å²) in [5.41, 5.74) is 0.822. The fraction of sp³-hybridized carbons (Fsp3) is 0.688. The van der Waals surface area contributed by atoms with Crippen molar-refractivity contribution in [3.05, 3.63) is 28.2 Å². The van der Waals surface area contributed by atoms with Gasteiger partial charge in [0.2, 0.25) is 5.91 Å². The standard InChI is InChI=1S/C16H22N4O2/c1-11-2-5-15(21)20(17-11)10-12-8-18(9-12)14-6-7-19(16(14)22)13-3-4-13/h2,5,12-14H,3-4,6-10H2,1H3. The Labute approximate surface area is 129 Å². The number of hydrogen-bond acceptors (Lipinski definition) is 4. The van der Waals surface area contributed by atoms with Crippen LogP contribution in [0.15, 0.2) is 16.9 Å². The molecule has 0 aromatic carbocycles. The van der Waals surface area contributed by atoms with Crippen LogP contribution in [0.2, 0.25) is 0 Å². The first-order valence-corrected chi connectivity index (χ1v) is 8.21. The van der Waals surface area contributed by atoms with Gasteiger partial charge in [-0.05, 0) is 32.3 Å². The first-order chi connectivity index (χ1) is 10.6. The summed E-state index contributed by atoms with van der Waals surface area (Å²) in [6, 6.07) is 3.94. The van der Waals surface area contributed by atoms with Gasteiger partial charge in [0.1, 0.15) is 0 Å². The van der Waals surface area contributed by atoms with Crippen molar-refractivity contribution in [2.45, 2.75) is 44.8 Å². The Balaban J connectivity index is 1.33. The molecule has 1 saturated carbocycles. The Morgan fingerprint density at radius 2 is 1.95 bits per heavy atom. The Morgan fingerprint density at radius 3 is 2.68 bits per heavy atom. The highest BCUT2D eigenvalue weighted by atomic mass is 16.2. The Kier molecular flexibility index (Phi) is 3.29. The van der Waals surface area contributed by atoms with Gasteiger partial charge in [-0.3, -0.25) is 14.5 Å². The number of amides is 1.